The van der Waals surface area contributed by atoms with Crippen molar-refractivity contribution in [1.82, 2.24) is 4.90 Å². The minimum atomic E-state index is -3.06. The van der Waals surface area contributed by atoms with Crippen LogP contribution in [0, 0.1) is 0 Å². The average Bonchev–Trinajstić information content (AvgIpc) is 2.33. The molecule has 0 aromatic heterocycles. The van der Waals surface area contributed by atoms with Crippen LogP contribution in [0.5, 0.6) is 5.75 Å². The molecule has 0 unspecified atom stereocenters. The van der Waals surface area contributed by atoms with Gasteiger partial charge in [-0.15, -0.1) is 0 Å². The maximum absolute atomic E-state index is 5.89. The van der Waals surface area contributed by atoms with E-state index in [1.807, 2.05) is 0 Å². The molecule has 104 valence electrons. The normalized spacial score (nSPS) is 31.3. The SMILES string of the molecule is Clc1ccc(O[Si]23OCCN(CCO2)CCO3)cc1. The van der Waals surface area contributed by atoms with Crippen LogP contribution in [0.1, 0.15) is 0 Å². The Morgan fingerprint density at radius 2 is 1.47 bits per heavy atom. The lowest BCUT2D eigenvalue weighted by molar-refractivity contribution is -0.0496. The average molecular weight is 302 g/mol. The lowest BCUT2D eigenvalue weighted by Crippen LogP contribution is -2.59. The first kappa shape index (κ1) is 13.4. The van der Waals surface area contributed by atoms with Gasteiger partial charge >= 0.3 is 9.05 Å². The maximum atomic E-state index is 5.89. The summed E-state index contributed by atoms with van der Waals surface area (Å²) in [6.45, 7) is 4.39. The van der Waals surface area contributed by atoms with E-state index < -0.39 is 9.05 Å². The molecule has 1 aromatic carbocycles. The van der Waals surface area contributed by atoms with Gasteiger partial charge in [-0.05, 0) is 24.3 Å². The fourth-order valence-electron chi connectivity index (χ4n) is 2.10. The molecule has 0 saturated carbocycles. The van der Waals surface area contributed by atoms with Gasteiger partial charge < -0.3 is 17.7 Å². The van der Waals surface area contributed by atoms with Crippen molar-refractivity contribution in [2.45, 2.75) is 0 Å². The van der Waals surface area contributed by atoms with Crippen LogP contribution < -0.4 is 4.43 Å². The highest BCUT2D eigenvalue weighted by molar-refractivity contribution is 6.54. The van der Waals surface area contributed by atoms with Crippen molar-refractivity contribution >= 4 is 20.6 Å². The van der Waals surface area contributed by atoms with E-state index in [1.165, 1.54) is 0 Å². The zero-order chi connectivity index (χ0) is 13.1. The van der Waals surface area contributed by atoms with Crippen LogP contribution in [0.15, 0.2) is 24.3 Å². The molecule has 0 amide bonds. The van der Waals surface area contributed by atoms with Gasteiger partial charge in [0, 0.05) is 24.7 Å². The van der Waals surface area contributed by atoms with Crippen molar-refractivity contribution in [2.24, 2.45) is 0 Å². The van der Waals surface area contributed by atoms with E-state index in [4.69, 9.17) is 29.3 Å². The van der Waals surface area contributed by atoms with E-state index in [2.05, 4.69) is 4.90 Å². The van der Waals surface area contributed by atoms with Crippen molar-refractivity contribution in [2.75, 3.05) is 39.5 Å². The van der Waals surface area contributed by atoms with E-state index in [9.17, 15) is 0 Å². The molecule has 0 N–H and O–H groups in total. The van der Waals surface area contributed by atoms with Crippen molar-refractivity contribution in [3.05, 3.63) is 29.3 Å². The van der Waals surface area contributed by atoms with Gasteiger partial charge in [0.05, 0.1) is 19.8 Å². The van der Waals surface area contributed by atoms with Gasteiger partial charge in [-0.3, -0.25) is 4.90 Å². The molecule has 4 rings (SSSR count). The Bertz CT molecular complexity index is 404. The van der Waals surface area contributed by atoms with Crippen LogP contribution in [0.4, 0.5) is 0 Å². The van der Waals surface area contributed by atoms with Gasteiger partial charge in [-0.25, -0.2) is 0 Å². The summed E-state index contributed by atoms with van der Waals surface area (Å²) in [6.07, 6.45) is 0. The first-order valence-electron chi connectivity index (χ1n) is 6.35. The number of rotatable bonds is 2. The fourth-order valence-corrected chi connectivity index (χ4v) is 4.10. The first-order valence-corrected chi connectivity index (χ1v) is 8.36. The first-order chi connectivity index (χ1) is 9.26. The summed E-state index contributed by atoms with van der Waals surface area (Å²) >= 11 is 5.86. The monoisotopic (exact) mass is 301 g/mol. The summed E-state index contributed by atoms with van der Waals surface area (Å²) in [5.74, 6) is 0.661. The third-order valence-electron chi connectivity index (χ3n) is 3.12. The summed E-state index contributed by atoms with van der Waals surface area (Å²) < 4.78 is 23.2. The van der Waals surface area contributed by atoms with Crippen LogP contribution in [0.25, 0.3) is 0 Å². The van der Waals surface area contributed by atoms with Crippen LogP contribution in [0.2, 0.25) is 5.02 Å². The zero-order valence-electron chi connectivity index (χ0n) is 10.5. The molecule has 19 heavy (non-hydrogen) atoms. The highest BCUT2D eigenvalue weighted by atomic mass is 35.5. The fraction of sp³-hybridized carbons (Fsp3) is 0.500. The molecule has 0 spiro atoms. The Hall–Kier alpha value is -0.633. The van der Waals surface area contributed by atoms with E-state index in [0.717, 1.165) is 19.6 Å². The molecule has 2 bridgehead atoms. The summed E-state index contributed by atoms with van der Waals surface area (Å²) in [7, 11) is -3.06. The largest absolute Gasteiger partial charge is 0.749 e. The molecular weight excluding hydrogens is 286 g/mol. The highest BCUT2D eigenvalue weighted by Gasteiger charge is 2.50. The smallest absolute Gasteiger partial charge is 0.480 e. The van der Waals surface area contributed by atoms with Crippen LogP contribution in [-0.4, -0.2) is 53.4 Å². The minimum absolute atomic E-state index is 0.569. The van der Waals surface area contributed by atoms with Crippen molar-refractivity contribution in [3.63, 3.8) is 0 Å². The summed E-state index contributed by atoms with van der Waals surface area (Å²) in [4.78, 5) is 2.26. The quantitative estimate of drug-likeness (QED) is 0.775. The lowest BCUT2D eigenvalue weighted by Gasteiger charge is -2.36. The molecule has 3 saturated heterocycles. The molecule has 0 radical (unpaired) electrons. The van der Waals surface area contributed by atoms with Gasteiger partial charge in [0.1, 0.15) is 5.75 Å². The molecule has 3 fully saturated rings. The van der Waals surface area contributed by atoms with Gasteiger partial charge in [0.15, 0.2) is 0 Å². The van der Waals surface area contributed by atoms with Gasteiger partial charge in [0.25, 0.3) is 0 Å². The number of fused-ring (bicyclic) bond motifs is 6. The third-order valence-corrected chi connectivity index (χ3v) is 5.53. The van der Waals surface area contributed by atoms with E-state index in [0.29, 0.717) is 30.6 Å². The second kappa shape index (κ2) is 5.78. The van der Waals surface area contributed by atoms with Crippen molar-refractivity contribution in [1.29, 1.82) is 0 Å². The van der Waals surface area contributed by atoms with Crippen LogP contribution in [-0.2, 0) is 13.3 Å². The molecule has 0 atom stereocenters. The van der Waals surface area contributed by atoms with E-state index >= 15 is 0 Å². The molecule has 1 aromatic rings. The molecule has 5 nitrogen and oxygen atoms in total. The predicted octanol–water partition coefficient (Wildman–Crippen LogP) is 1.53. The predicted molar refractivity (Wildman–Crippen MR) is 72.1 cm³/mol. The number of hydrogen-bond donors (Lipinski definition) is 0. The number of nitrogens with zero attached hydrogens (tertiary/aromatic N) is 1. The summed E-state index contributed by atoms with van der Waals surface area (Å²) in [5, 5.41) is 0.667. The topological polar surface area (TPSA) is 40.2 Å². The van der Waals surface area contributed by atoms with Crippen molar-refractivity contribution in [3.8, 4) is 5.75 Å². The number of hydrogen-bond acceptors (Lipinski definition) is 5. The van der Waals surface area contributed by atoms with E-state index in [1.54, 1.807) is 24.3 Å². The molecule has 3 heterocycles. The summed E-state index contributed by atoms with van der Waals surface area (Å²) in [5.41, 5.74) is 0. The van der Waals surface area contributed by atoms with E-state index in [-0.39, 0.29) is 0 Å². The van der Waals surface area contributed by atoms with Crippen LogP contribution >= 0.6 is 11.6 Å². The minimum Gasteiger partial charge on any atom is -0.480 e. The Morgan fingerprint density at radius 3 is 2.00 bits per heavy atom. The molecule has 7 heteroatoms. The second-order valence-corrected chi connectivity index (χ2v) is 6.95. The Kier molecular flexibility index (Phi) is 4.06. The third kappa shape index (κ3) is 3.28. The molecule has 3 aliphatic rings. The Morgan fingerprint density at radius 1 is 0.947 bits per heavy atom. The second-order valence-electron chi connectivity index (χ2n) is 4.44. The molecular formula is C12H16ClNO4Si. The zero-order valence-corrected chi connectivity index (χ0v) is 12.3. The van der Waals surface area contributed by atoms with Gasteiger partial charge in [-0.1, -0.05) is 11.6 Å². The number of benzene rings is 1. The number of halogens is 1. The van der Waals surface area contributed by atoms with Crippen LogP contribution in [0.3, 0.4) is 0 Å². The Balaban J connectivity index is 1.76. The van der Waals surface area contributed by atoms with Crippen molar-refractivity contribution < 1.29 is 17.7 Å². The molecule has 3 aliphatic heterocycles. The standard InChI is InChI=1S/C12H16ClNO4Si/c13-11-1-3-12(4-2-11)18-19-15-8-5-14(6-9-16-19)7-10-17-19/h1-4H,5-10H2. The van der Waals surface area contributed by atoms with Gasteiger partial charge in [-0.2, -0.15) is 0 Å². The lowest BCUT2D eigenvalue weighted by atomic mass is 10.3. The summed E-state index contributed by atoms with van der Waals surface area (Å²) in [6, 6.07) is 7.14. The Labute approximate surface area is 118 Å². The molecule has 0 aliphatic carbocycles. The van der Waals surface area contributed by atoms with Gasteiger partial charge in [0.2, 0.25) is 0 Å². The highest BCUT2D eigenvalue weighted by Crippen LogP contribution is 2.23. The maximum Gasteiger partial charge on any atom is 0.749 e.